The normalized spacial score (nSPS) is 25.0. The summed E-state index contributed by atoms with van der Waals surface area (Å²) in [5, 5.41) is 9.38. The van der Waals surface area contributed by atoms with Crippen LogP contribution in [-0.4, -0.2) is 64.2 Å². The Bertz CT molecular complexity index is 526. The summed E-state index contributed by atoms with van der Waals surface area (Å²) in [7, 11) is 2.04. The summed E-state index contributed by atoms with van der Waals surface area (Å²) in [6, 6.07) is 1.77. The molecule has 2 fully saturated rings. The first-order chi connectivity index (χ1) is 9.65. The van der Waals surface area contributed by atoms with Crippen molar-refractivity contribution in [2.45, 2.75) is 31.3 Å². The topological polar surface area (TPSA) is 72.5 Å². The van der Waals surface area contributed by atoms with Crippen molar-refractivity contribution in [1.82, 2.24) is 19.8 Å². The average Bonchev–Trinajstić information content (AvgIpc) is 3.25. The first-order valence-corrected chi connectivity index (χ1v) is 7.29. The summed E-state index contributed by atoms with van der Waals surface area (Å²) >= 11 is 0. The maximum Gasteiger partial charge on any atom is 0.251 e. The molecule has 6 heteroatoms. The van der Waals surface area contributed by atoms with Crippen LogP contribution in [0.3, 0.4) is 0 Å². The number of aliphatic hydroxyl groups is 1. The first-order valence-electron chi connectivity index (χ1n) is 7.29. The molecule has 2 heterocycles. The second-order valence-electron chi connectivity index (χ2n) is 5.95. The van der Waals surface area contributed by atoms with Gasteiger partial charge in [-0.2, -0.15) is 0 Å². The zero-order valence-electron chi connectivity index (χ0n) is 11.9. The lowest BCUT2D eigenvalue weighted by Gasteiger charge is -2.38. The predicted octanol–water partition coefficient (Wildman–Crippen LogP) is -0.244. The van der Waals surface area contributed by atoms with Crippen molar-refractivity contribution in [3.63, 3.8) is 0 Å². The molecule has 6 nitrogen and oxygen atoms in total. The Morgan fingerprint density at radius 2 is 2.25 bits per heavy atom. The lowest BCUT2D eigenvalue weighted by atomic mass is 10.2. The van der Waals surface area contributed by atoms with Crippen molar-refractivity contribution in [3.05, 3.63) is 27.9 Å². The molecule has 0 spiro atoms. The van der Waals surface area contributed by atoms with Gasteiger partial charge in [0.2, 0.25) is 0 Å². The van der Waals surface area contributed by atoms with Crippen LogP contribution in [0.1, 0.15) is 30.3 Å². The van der Waals surface area contributed by atoms with Gasteiger partial charge in [0, 0.05) is 44.2 Å². The maximum absolute atomic E-state index is 11.7. The Morgan fingerprint density at radius 3 is 2.95 bits per heavy atom. The van der Waals surface area contributed by atoms with E-state index in [2.05, 4.69) is 19.8 Å². The number of likely N-dealkylation sites (N-methyl/N-ethyl adjacent to an activating group) is 1. The smallest absolute Gasteiger partial charge is 0.251 e. The molecule has 1 aliphatic heterocycles. The molecule has 0 amide bonds. The predicted molar refractivity (Wildman–Crippen MR) is 75.6 cm³/mol. The molecule has 1 saturated carbocycles. The van der Waals surface area contributed by atoms with E-state index in [0.717, 1.165) is 44.0 Å². The molecule has 2 N–H and O–H groups in total. The van der Waals surface area contributed by atoms with Crippen molar-refractivity contribution < 1.29 is 5.11 Å². The van der Waals surface area contributed by atoms with Gasteiger partial charge < -0.3 is 10.1 Å². The molecule has 0 radical (unpaired) electrons. The Kier molecular flexibility index (Phi) is 3.87. The lowest BCUT2D eigenvalue weighted by Crippen LogP contribution is -2.52. The third kappa shape index (κ3) is 3.08. The van der Waals surface area contributed by atoms with E-state index in [4.69, 9.17) is 0 Å². The molecule has 0 aromatic carbocycles. The first kappa shape index (κ1) is 13.7. The highest BCUT2D eigenvalue weighted by molar-refractivity contribution is 5.10. The number of H-pyrrole nitrogens is 1. The fourth-order valence-electron chi connectivity index (χ4n) is 2.74. The molecule has 1 unspecified atom stereocenters. The molecule has 1 saturated heterocycles. The second-order valence-corrected chi connectivity index (χ2v) is 5.95. The highest BCUT2D eigenvalue weighted by Crippen LogP contribution is 2.37. The molecule has 2 aliphatic rings. The summed E-state index contributed by atoms with van der Waals surface area (Å²) in [6.07, 6.45) is 2.26. The highest BCUT2D eigenvalue weighted by atomic mass is 16.3. The molecular weight excluding hydrogens is 256 g/mol. The Hall–Kier alpha value is -1.24. The van der Waals surface area contributed by atoms with Gasteiger partial charge in [-0.3, -0.25) is 14.6 Å². The van der Waals surface area contributed by atoms with E-state index in [1.165, 1.54) is 0 Å². The molecule has 110 valence electrons. The SMILES string of the molecule is CN1CCN(Cc2cc(=O)[nH]c(C3CC3)n2)CC1CO. The zero-order chi connectivity index (χ0) is 14.1. The van der Waals surface area contributed by atoms with E-state index < -0.39 is 0 Å². The number of nitrogens with zero attached hydrogens (tertiary/aromatic N) is 3. The lowest BCUT2D eigenvalue weighted by molar-refractivity contribution is 0.0533. The largest absolute Gasteiger partial charge is 0.395 e. The van der Waals surface area contributed by atoms with Crippen LogP contribution in [0.5, 0.6) is 0 Å². The molecular formula is C14H22N4O2. The van der Waals surface area contributed by atoms with Gasteiger partial charge in [-0.15, -0.1) is 0 Å². The number of nitrogens with one attached hydrogen (secondary N) is 1. The van der Waals surface area contributed by atoms with E-state index in [1.54, 1.807) is 6.07 Å². The quantitative estimate of drug-likeness (QED) is 0.795. The van der Waals surface area contributed by atoms with Gasteiger partial charge in [0.25, 0.3) is 5.56 Å². The molecule has 20 heavy (non-hydrogen) atoms. The number of hydrogen-bond acceptors (Lipinski definition) is 5. The second kappa shape index (κ2) is 5.63. The van der Waals surface area contributed by atoms with Crippen LogP contribution in [0.15, 0.2) is 10.9 Å². The molecule has 1 aromatic heterocycles. The Balaban J connectivity index is 1.69. The number of rotatable bonds is 4. The number of aromatic amines is 1. The minimum atomic E-state index is -0.0512. The number of piperazine rings is 1. The van der Waals surface area contributed by atoms with Gasteiger partial charge in [-0.1, -0.05) is 0 Å². The maximum atomic E-state index is 11.7. The van der Waals surface area contributed by atoms with Crippen molar-refractivity contribution in [2.75, 3.05) is 33.3 Å². The minimum Gasteiger partial charge on any atom is -0.395 e. The van der Waals surface area contributed by atoms with Gasteiger partial charge in [0.05, 0.1) is 12.3 Å². The van der Waals surface area contributed by atoms with Crippen LogP contribution in [-0.2, 0) is 6.54 Å². The van der Waals surface area contributed by atoms with Crippen molar-refractivity contribution in [2.24, 2.45) is 0 Å². The number of hydrogen-bond donors (Lipinski definition) is 2. The van der Waals surface area contributed by atoms with Crippen LogP contribution in [0.2, 0.25) is 0 Å². The number of aromatic nitrogens is 2. The van der Waals surface area contributed by atoms with E-state index in [1.807, 2.05) is 7.05 Å². The van der Waals surface area contributed by atoms with Crippen molar-refractivity contribution in [1.29, 1.82) is 0 Å². The minimum absolute atomic E-state index is 0.0512. The highest BCUT2D eigenvalue weighted by Gasteiger charge is 2.27. The Morgan fingerprint density at radius 1 is 1.45 bits per heavy atom. The molecule has 1 aliphatic carbocycles. The zero-order valence-corrected chi connectivity index (χ0v) is 11.9. The van der Waals surface area contributed by atoms with Crippen LogP contribution in [0.4, 0.5) is 0 Å². The van der Waals surface area contributed by atoms with Crippen LogP contribution < -0.4 is 5.56 Å². The van der Waals surface area contributed by atoms with E-state index >= 15 is 0 Å². The molecule has 3 rings (SSSR count). The van der Waals surface area contributed by atoms with Gasteiger partial charge in [0.15, 0.2) is 0 Å². The summed E-state index contributed by atoms with van der Waals surface area (Å²) in [5.41, 5.74) is 0.793. The van der Waals surface area contributed by atoms with Gasteiger partial charge in [-0.05, 0) is 19.9 Å². The summed E-state index contributed by atoms with van der Waals surface area (Å²) in [4.78, 5) is 23.6. The molecule has 1 aromatic rings. The standard InChI is InChI=1S/C14H22N4O2/c1-17-4-5-18(8-12(17)9-19)7-11-6-13(20)16-14(15-11)10-2-3-10/h6,10,12,19H,2-5,7-9H2,1H3,(H,15,16,20). The fourth-order valence-corrected chi connectivity index (χ4v) is 2.74. The summed E-state index contributed by atoms with van der Waals surface area (Å²) in [6.45, 7) is 3.56. The molecule has 1 atom stereocenters. The third-order valence-corrected chi connectivity index (χ3v) is 4.23. The van der Waals surface area contributed by atoms with Crippen molar-refractivity contribution >= 4 is 0 Å². The average molecular weight is 278 g/mol. The van der Waals surface area contributed by atoms with Crippen LogP contribution >= 0.6 is 0 Å². The number of aliphatic hydroxyl groups excluding tert-OH is 1. The van der Waals surface area contributed by atoms with Crippen LogP contribution in [0, 0.1) is 0 Å². The Labute approximate surface area is 118 Å². The van der Waals surface area contributed by atoms with E-state index in [0.29, 0.717) is 12.5 Å². The van der Waals surface area contributed by atoms with Crippen LogP contribution in [0.25, 0.3) is 0 Å². The fraction of sp³-hybridized carbons (Fsp3) is 0.714. The molecule has 0 bridgehead atoms. The third-order valence-electron chi connectivity index (χ3n) is 4.23. The van der Waals surface area contributed by atoms with E-state index in [9.17, 15) is 9.90 Å². The van der Waals surface area contributed by atoms with Crippen molar-refractivity contribution in [3.8, 4) is 0 Å². The van der Waals surface area contributed by atoms with Gasteiger partial charge >= 0.3 is 0 Å². The monoisotopic (exact) mass is 278 g/mol. The summed E-state index contributed by atoms with van der Waals surface area (Å²) in [5.74, 6) is 1.31. The summed E-state index contributed by atoms with van der Waals surface area (Å²) < 4.78 is 0. The van der Waals surface area contributed by atoms with E-state index in [-0.39, 0.29) is 18.2 Å². The van der Waals surface area contributed by atoms with Gasteiger partial charge in [-0.25, -0.2) is 4.98 Å². The van der Waals surface area contributed by atoms with Gasteiger partial charge in [0.1, 0.15) is 5.82 Å².